The first-order chi connectivity index (χ1) is 9.81. The van der Waals surface area contributed by atoms with Gasteiger partial charge >= 0.3 is 0 Å². The van der Waals surface area contributed by atoms with Crippen LogP contribution in [0.25, 0.3) is 28.2 Å². The van der Waals surface area contributed by atoms with Crippen molar-refractivity contribution in [2.45, 2.75) is 6.67 Å². The normalized spacial score (nSPS) is 10.7. The predicted octanol–water partition coefficient (Wildman–Crippen LogP) is 5.01. The maximum atomic E-state index is 12.6. The molecule has 1 nitrogen and oxygen atoms in total. The van der Waals surface area contributed by atoms with Gasteiger partial charge in [0.25, 0.3) is 0 Å². The molecule has 0 radical (unpaired) electrons. The number of pyridine rings is 1. The van der Waals surface area contributed by atoms with E-state index in [4.69, 9.17) is 0 Å². The molecule has 0 saturated heterocycles. The largest absolute Gasteiger partial charge is 0.248 e. The van der Waals surface area contributed by atoms with Gasteiger partial charge in [-0.2, -0.15) is 0 Å². The molecule has 0 saturated carbocycles. The van der Waals surface area contributed by atoms with Crippen molar-refractivity contribution in [3.05, 3.63) is 72.3 Å². The molecule has 0 aliphatic carbocycles. The summed E-state index contributed by atoms with van der Waals surface area (Å²) >= 11 is 0. The maximum Gasteiger partial charge on any atom is 0.115 e. The number of alkyl halides is 1. The van der Waals surface area contributed by atoms with Crippen molar-refractivity contribution in [1.82, 2.24) is 4.98 Å². The van der Waals surface area contributed by atoms with Gasteiger partial charge < -0.3 is 0 Å². The number of benzene rings is 2. The van der Waals surface area contributed by atoms with Crippen molar-refractivity contribution in [3.8, 4) is 11.3 Å². The van der Waals surface area contributed by atoms with Crippen molar-refractivity contribution < 1.29 is 4.39 Å². The average molecular weight is 263 g/mol. The van der Waals surface area contributed by atoms with Crippen LogP contribution in [-0.4, -0.2) is 4.98 Å². The first-order valence-electron chi connectivity index (χ1n) is 6.49. The van der Waals surface area contributed by atoms with Crippen molar-refractivity contribution in [2.24, 2.45) is 0 Å². The summed E-state index contributed by atoms with van der Waals surface area (Å²) in [4.78, 5) is 4.67. The lowest BCUT2D eigenvalue weighted by molar-refractivity contribution is 0.485. The zero-order valence-electron chi connectivity index (χ0n) is 11.0. The summed E-state index contributed by atoms with van der Waals surface area (Å²) in [5.74, 6) is 0. The van der Waals surface area contributed by atoms with Gasteiger partial charge in [-0.1, -0.05) is 55.1 Å². The van der Waals surface area contributed by atoms with E-state index in [2.05, 4.69) is 11.6 Å². The Labute approximate surface area is 117 Å². The quantitative estimate of drug-likeness (QED) is 0.647. The molecule has 0 N–H and O–H groups in total. The number of aromatic nitrogens is 1. The highest BCUT2D eigenvalue weighted by atomic mass is 19.1. The van der Waals surface area contributed by atoms with Crippen LogP contribution < -0.4 is 0 Å². The molecule has 0 atom stereocenters. The van der Waals surface area contributed by atoms with Crippen molar-refractivity contribution in [1.29, 1.82) is 0 Å². The van der Waals surface area contributed by atoms with Crippen LogP contribution in [-0.2, 0) is 6.67 Å². The zero-order valence-corrected chi connectivity index (χ0v) is 11.0. The summed E-state index contributed by atoms with van der Waals surface area (Å²) in [6, 6.07) is 17.4. The van der Waals surface area contributed by atoms with E-state index < -0.39 is 6.67 Å². The minimum absolute atomic E-state index is 0.441. The Morgan fingerprint density at radius 1 is 1.05 bits per heavy atom. The van der Waals surface area contributed by atoms with E-state index >= 15 is 0 Å². The summed E-state index contributed by atoms with van der Waals surface area (Å²) in [7, 11) is 0. The Balaban J connectivity index is 2.17. The summed E-state index contributed by atoms with van der Waals surface area (Å²) in [6.07, 6.45) is 1.84. The van der Waals surface area contributed by atoms with E-state index in [-0.39, 0.29) is 0 Å². The standard InChI is InChI=1S/C18H14FN/c1-2-14-11-18(15-9-7-13(12-19)8-10-15)20-17-6-4-3-5-16(14)17/h2-11H,1,12H2. The molecule has 2 heteroatoms. The maximum absolute atomic E-state index is 12.6. The molecule has 0 aliphatic rings. The molecule has 0 unspecified atom stereocenters. The van der Waals surface area contributed by atoms with E-state index in [9.17, 15) is 4.39 Å². The van der Waals surface area contributed by atoms with Gasteiger partial charge in [0, 0.05) is 10.9 Å². The SMILES string of the molecule is C=Cc1cc(-c2ccc(CF)cc2)nc2ccccc12. The Morgan fingerprint density at radius 3 is 2.50 bits per heavy atom. The first-order valence-corrected chi connectivity index (χ1v) is 6.49. The Kier molecular flexibility index (Phi) is 3.30. The average Bonchev–Trinajstić information content (AvgIpc) is 2.54. The lowest BCUT2D eigenvalue weighted by Gasteiger charge is -2.07. The van der Waals surface area contributed by atoms with Crippen LogP contribution in [0.3, 0.4) is 0 Å². The number of para-hydroxylation sites is 1. The zero-order chi connectivity index (χ0) is 13.9. The second-order valence-corrected chi connectivity index (χ2v) is 4.65. The highest BCUT2D eigenvalue weighted by Gasteiger charge is 2.05. The van der Waals surface area contributed by atoms with Gasteiger partial charge in [0.15, 0.2) is 0 Å². The molecule has 1 heterocycles. The van der Waals surface area contributed by atoms with Crippen molar-refractivity contribution in [3.63, 3.8) is 0 Å². The topological polar surface area (TPSA) is 12.9 Å². The molecule has 20 heavy (non-hydrogen) atoms. The predicted molar refractivity (Wildman–Crippen MR) is 82.1 cm³/mol. The second kappa shape index (κ2) is 5.25. The number of rotatable bonds is 3. The van der Waals surface area contributed by atoms with Gasteiger partial charge in [-0.05, 0) is 23.3 Å². The third kappa shape index (κ3) is 2.21. The molecule has 0 fully saturated rings. The van der Waals surface area contributed by atoms with Crippen LogP contribution >= 0.6 is 0 Å². The van der Waals surface area contributed by atoms with Gasteiger partial charge in [0.05, 0.1) is 11.2 Å². The van der Waals surface area contributed by atoms with E-state index in [0.29, 0.717) is 5.56 Å². The van der Waals surface area contributed by atoms with Gasteiger partial charge in [0.2, 0.25) is 0 Å². The molecule has 0 aliphatic heterocycles. The second-order valence-electron chi connectivity index (χ2n) is 4.65. The molecule has 0 spiro atoms. The molecule has 3 aromatic rings. The van der Waals surface area contributed by atoms with E-state index in [1.165, 1.54) is 0 Å². The Morgan fingerprint density at radius 2 is 1.80 bits per heavy atom. The third-order valence-electron chi connectivity index (χ3n) is 3.37. The van der Waals surface area contributed by atoms with Crippen LogP contribution in [0, 0.1) is 0 Å². The van der Waals surface area contributed by atoms with Crippen LogP contribution in [0.4, 0.5) is 4.39 Å². The summed E-state index contributed by atoms with van der Waals surface area (Å²) < 4.78 is 12.6. The van der Waals surface area contributed by atoms with Crippen LogP contribution in [0.5, 0.6) is 0 Å². The number of fused-ring (bicyclic) bond motifs is 1. The molecule has 98 valence electrons. The van der Waals surface area contributed by atoms with E-state index in [1.807, 2.05) is 48.5 Å². The minimum Gasteiger partial charge on any atom is -0.248 e. The molecule has 0 amide bonds. The van der Waals surface area contributed by atoms with Crippen LogP contribution in [0.15, 0.2) is 61.2 Å². The van der Waals surface area contributed by atoms with Gasteiger partial charge in [0.1, 0.15) is 6.67 Å². The molecule has 3 rings (SSSR count). The summed E-state index contributed by atoms with van der Waals surface area (Å²) in [5, 5.41) is 1.09. The summed E-state index contributed by atoms with van der Waals surface area (Å²) in [5.41, 5.74) is 4.54. The molecule has 2 aromatic carbocycles. The molecular weight excluding hydrogens is 249 g/mol. The summed E-state index contributed by atoms with van der Waals surface area (Å²) in [6.45, 7) is 3.42. The Hall–Kier alpha value is -2.48. The fraction of sp³-hybridized carbons (Fsp3) is 0.0556. The number of hydrogen-bond donors (Lipinski definition) is 0. The highest BCUT2D eigenvalue weighted by Crippen LogP contribution is 2.25. The highest BCUT2D eigenvalue weighted by molar-refractivity contribution is 5.90. The minimum atomic E-state index is -0.441. The van der Waals surface area contributed by atoms with E-state index in [1.54, 1.807) is 12.1 Å². The molecule has 1 aromatic heterocycles. The number of hydrogen-bond acceptors (Lipinski definition) is 1. The smallest absolute Gasteiger partial charge is 0.115 e. The molecular formula is C18H14FN. The fourth-order valence-corrected chi connectivity index (χ4v) is 2.28. The van der Waals surface area contributed by atoms with Gasteiger partial charge in [-0.3, -0.25) is 0 Å². The Bertz CT molecular complexity index is 760. The number of halogens is 1. The number of nitrogens with zero attached hydrogens (tertiary/aromatic N) is 1. The van der Waals surface area contributed by atoms with Gasteiger partial charge in [-0.15, -0.1) is 0 Å². The lowest BCUT2D eigenvalue weighted by Crippen LogP contribution is -1.89. The van der Waals surface area contributed by atoms with Crippen LogP contribution in [0.1, 0.15) is 11.1 Å². The lowest BCUT2D eigenvalue weighted by atomic mass is 10.0. The molecule has 0 bridgehead atoms. The fourth-order valence-electron chi connectivity index (χ4n) is 2.28. The van der Waals surface area contributed by atoms with Gasteiger partial charge in [-0.25, -0.2) is 9.37 Å². The van der Waals surface area contributed by atoms with E-state index in [0.717, 1.165) is 27.7 Å². The third-order valence-corrected chi connectivity index (χ3v) is 3.37. The van der Waals surface area contributed by atoms with Crippen molar-refractivity contribution in [2.75, 3.05) is 0 Å². The van der Waals surface area contributed by atoms with Crippen LogP contribution in [0.2, 0.25) is 0 Å². The first kappa shape index (κ1) is 12.5. The monoisotopic (exact) mass is 263 g/mol. The van der Waals surface area contributed by atoms with Crippen molar-refractivity contribution >= 4 is 17.0 Å².